The molecule has 0 spiro atoms. The number of nitrogens with one attached hydrogen (secondary N) is 3. The van der Waals surface area contributed by atoms with Crippen LogP contribution in [0, 0.1) is 30.1 Å². The molecule has 4 aliphatic rings. The number of hydrogen-bond acceptors (Lipinski definition) is 3. The van der Waals surface area contributed by atoms with Crippen LogP contribution in [0.25, 0.3) is 11.0 Å². The zero-order valence-corrected chi connectivity index (χ0v) is 15.7. The Hall–Kier alpha value is -2.37. The Balaban J connectivity index is 1.20. The summed E-state index contributed by atoms with van der Waals surface area (Å²) < 4.78 is 0. The van der Waals surface area contributed by atoms with E-state index < -0.39 is 0 Å². The fraction of sp³-hybridized carbons (Fsp3) is 0.571. The van der Waals surface area contributed by atoms with Crippen molar-refractivity contribution in [1.29, 1.82) is 0 Å². The summed E-state index contributed by atoms with van der Waals surface area (Å²) in [5, 5.41) is 5.80. The second kappa shape index (κ2) is 6.08. The molecule has 0 saturated heterocycles. The highest BCUT2D eigenvalue weighted by Crippen LogP contribution is 2.60. The molecule has 0 unspecified atom stereocenters. The van der Waals surface area contributed by atoms with Gasteiger partial charge >= 0.3 is 0 Å². The standard InChI is InChI=1S/C21H26N4O2/c1-12-23-17-3-2-16(7-18(17)24-12)25-19(26)11-22-20(27)21-8-13-4-14(9-21)6-15(5-13)10-21/h2-3,7,13-15H,4-6,8-11H2,1H3,(H,22,27)(H,23,24)(H,25,26). The summed E-state index contributed by atoms with van der Waals surface area (Å²) in [5.41, 5.74) is 2.27. The number of aromatic nitrogens is 2. The highest BCUT2D eigenvalue weighted by molar-refractivity contribution is 5.96. The van der Waals surface area contributed by atoms with Gasteiger partial charge in [-0.05, 0) is 81.4 Å². The Morgan fingerprint density at radius 1 is 1.15 bits per heavy atom. The molecule has 6 heteroatoms. The molecule has 0 atom stereocenters. The Morgan fingerprint density at radius 2 is 1.81 bits per heavy atom. The van der Waals surface area contributed by atoms with E-state index in [2.05, 4.69) is 20.6 Å². The molecule has 0 radical (unpaired) electrons. The number of carbonyl (C=O) groups is 2. The molecule has 1 aromatic carbocycles. The molecule has 4 aliphatic carbocycles. The van der Waals surface area contributed by atoms with Crippen LogP contribution >= 0.6 is 0 Å². The molecule has 0 aliphatic heterocycles. The third kappa shape index (κ3) is 3.01. The van der Waals surface area contributed by atoms with Gasteiger partial charge < -0.3 is 15.6 Å². The quantitative estimate of drug-likeness (QED) is 0.777. The van der Waals surface area contributed by atoms with E-state index in [1.54, 1.807) is 0 Å². The first-order valence-corrected chi connectivity index (χ1v) is 10.0. The lowest BCUT2D eigenvalue weighted by atomic mass is 9.49. The summed E-state index contributed by atoms with van der Waals surface area (Å²) in [4.78, 5) is 32.8. The highest BCUT2D eigenvalue weighted by Gasteiger charge is 2.54. The van der Waals surface area contributed by atoms with Gasteiger partial charge in [0, 0.05) is 11.1 Å². The van der Waals surface area contributed by atoms with E-state index in [9.17, 15) is 9.59 Å². The second-order valence-electron chi connectivity index (χ2n) is 8.98. The zero-order valence-electron chi connectivity index (χ0n) is 15.7. The van der Waals surface area contributed by atoms with Crippen LogP contribution in [0.4, 0.5) is 5.69 Å². The summed E-state index contributed by atoms with van der Waals surface area (Å²) in [7, 11) is 0. The van der Waals surface area contributed by atoms with Crippen LogP contribution < -0.4 is 10.6 Å². The fourth-order valence-corrected chi connectivity index (χ4v) is 6.16. The summed E-state index contributed by atoms with van der Waals surface area (Å²) in [5.74, 6) is 2.91. The van der Waals surface area contributed by atoms with Gasteiger partial charge in [-0.2, -0.15) is 0 Å². The van der Waals surface area contributed by atoms with Crippen molar-refractivity contribution < 1.29 is 9.59 Å². The summed E-state index contributed by atoms with van der Waals surface area (Å²) in [6, 6.07) is 5.58. The molecule has 1 aromatic heterocycles. The van der Waals surface area contributed by atoms with E-state index >= 15 is 0 Å². The van der Waals surface area contributed by atoms with Crippen molar-refractivity contribution in [3.8, 4) is 0 Å². The molecule has 6 nitrogen and oxygen atoms in total. The monoisotopic (exact) mass is 366 g/mol. The second-order valence-corrected chi connectivity index (χ2v) is 8.98. The molecule has 6 rings (SSSR count). The van der Waals surface area contributed by atoms with Gasteiger partial charge in [-0.1, -0.05) is 0 Å². The number of fused-ring (bicyclic) bond motifs is 1. The number of amides is 2. The number of nitrogens with zero attached hydrogens (tertiary/aromatic N) is 1. The minimum atomic E-state index is -0.207. The van der Waals surface area contributed by atoms with Crippen molar-refractivity contribution in [1.82, 2.24) is 15.3 Å². The average molecular weight is 366 g/mol. The SMILES string of the molecule is Cc1nc2ccc(NC(=O)CNC(=O)C34CC5CC(CC(C5)C3)C4)cc2[nH]1. The highest BCUT2D eigenvalue weighted by atomic mass is 16.2. The topological polar surface area (TPSA) is 86.9 Å². The Morgan fingerprint density at radius 3 is 2.48 bits per heavy atom. The van der Waals surface area contributed by atoms with Crippen LogP contribution in [0.5, 0.6) is 0 Å². The number of imidazole rings is 1. The minimum Gasteiger partial charge on any atom is -0.347 e. The van der Waals surface area contributed by atoms with Gasteiger partial charge in [-0.3, -0.25) is 9.59 Å². The lowest BCUT2D eigenvalue weighted by Gasteiger charge is -2.55. The van der Waals surface area contributed by atoms with Gasteiger partial charge in [0.1, 0.15) is 5.82 Å². The summed E-state index contributed by atoms with van der Waals surface area (Å²) >= 11 is 0. The van der Waals surface area contributed by atoms with Gasteiger partial charge in [0.15, 0.2) is 0 Å². The normalized spacial score (nSPS) is 31.2. The molecular weight excluding hydrogens is 340 g/mol. The predicted molar refractivity (Wildman–Crippen MR) is 103 cm³/mol. The molecule has 27 heavy (non-hydrogen) atoms. The van der Waals surface area contributed by atoms with Crippen LogP contribution in [0.3, 0.4) is 0 Å². The first-order valence-electron chi connectivity index (χ1n) is 10.0. The van der Waals surface area contributed by atoms with Crippen molar-refractivity contribution in [2.45, 2.75) is 45.4 Å². The smallest absolute Gasteiger partial charge is 0.243 e. The Kier molecular flexibility index (Phi) is 3.78. The number of rotatable bonds is 4. The number of benzene rings is 1. The van der Waals surface area contributed by atoms with Gasteiger partial charge in [0.25, 0.3) is 0 Å². The van der Waals surface area contributed by atoms with Crippen molar-refractivity contribution in [2.24, 2.45) is 23.2 Å². The van der Waals surface area contributed by atoms with Gasteiger partial charge in [0.2, 0.25) is 11.8 Å². The van der Waals surface area contributed by atoms with E-state index in [0.29, 0.717) is 5.69 Å². The largest absolute Gasteiger partial charge is 0.347 e. The van der Waals surface area contributed by atoms with Crippen LogP contribution in [0.1, 0.15) is 44.3 Å². The lowest BCUT2D eigenvalue weighted by molar-refractivity contribution is -0.146. The van der Waals surface area contributed by atoms with E-state index in [1.807, 2.05) is 25.1 Å². The van der Waals surface area contributed by atoms with E-state index in [1.165, 1.54) is 19.3 Å². The number of aromatic amines is 1. The molecule has 4 saturated carbocycles. The maximum atomic E-state index is 12.9. The van der Waals surface area contributed by atoms with Crippen LogP contribution in [-0.4, -0.2) is 28.3 Å². The molecular formula is C21H26N4O2. The number of carbonyl (C=O) groups excluding carboxylic acids is 2. The maximum absolute atomic E-state index is 12.9. The van der Waals surface area contributed by atoms with E-state index in [0.717, 1.165) is 53.9 Å². The van der Waals surface area contributed by atoms with Crippen LogP contribution in [0.2, 0.25) is 0 Å². The number of H-pyrrole nitrogens is 1. The summed E-state index contributed by atoms with van der Waals surface area (Å²) in [6.45, 7) is 1.93. The van der Waals surface area contributed by atoms with Crippen LogP contribution in [-0.2, 0) is 9.59 Å². The molecule has 3 N–H and O–H groups in total. The minimum absolute atomic E-state index is 0.0284. The lowest BCUT2D eigenvalue weighted by Crippen LogP contribution is -2.54. The zero-order chi connectivity index (χ0) is 18.6. The van der Waals surface area contributed by atoms with E-state index in [4.69, 9.17) is 0 Å². The maximum Gasteiger partial charge on any atom is 0.243 e. The Bertz CT molecular complexity index is 881. The summed E-state index contributed by atoms with van der Waals surface area (Å²) in [6.07, 6.45) is 6.97. The molecule has 2 aromatic rings. The van der Waals surface area contributed by atoms with Crippen molar-refractivity contribution in [3.63, 3.8) is 0 Å². The Labute approximate surface area is 158 Å². The molecule has 2 amide bonds. The van der Waals surface area contributed by atoms with Crippen molar-refractivity contribution in [3.05, 3.63) is 24.0 Å². The number of aryl methyl sites for hydroxylation is 1. The fourth-order valence-electron chi connectivity index (χ4n) is 6.16. The molecule has 4 bridgehead atoms. The average Bonchev–Trinajstić information content (AvgIpc) is 2.97. The third-order valence-electron chi connectivity index (χ3n) is 6.81. The number of anilines is 1. The molecule has 1 heterocycles. The van der Waals surface area contributed by atoms with Gasteiger partial charge in [0.05, 0.1) is 17.6 Å². The van der Waals surface area contributed by atoms with Crippen molar-refractivity contribution in [2.75, 3.05) is 11.9 Å². The van der Waals surface area contributed by atoms with Crippen molar-refractivity contribution >= 4 is 28.5 Å². The van der Waals surface area contributed by atoms with E-state index in [-0.39, 0.29) is 23.8 Å². The third-order valence-corrected chi connectivity index (χ3v) is 6.81. The molecule has 4 fully saturated rings. The van der Waals surface area contributed by atoms with Crippen LogP contribution in [0.15, 0.2) is 18.2 Å². The van der Waals surface area contributed by atoms with Gasteiger partial charge in [-0.15, -0.1) is 0 Å². The van der Waals surface area contributed by atoms with Gasteiger partial charge in [-0.25, -0.2) is 4.98 Å². The first kappa shape index (κ1) is 16.8. The predicted octanol–water partition coefficient (Wildman–Crippen LogP) is 3.14. The molecule has 142 valence electrons. The number of hydrogen-bond donors (Lipinski definition) is 3. The first-order chi connectivity index (χ1) is 13.0.